The van der Waals surface area contributed by atoms with Crippen LogP contribution in [-0.2, 0) is 35.4 Å². The molecule has 1 saturated heterocycles. The minimum absolute atomic E-state index is 0.0298. The predicted molar refractivity (Wildman–Crippen MR) is 114 cm³/mol. The number of ether oxygens (including phenoxy) is 1. The summed E-state index contributed by atoms with van der Waals surface area (Å²) in [6, 6.07) is 7.82. The van der Waals surface area contributed by atoms with Crippen molar-refractivity contribution in [1.29, 1.82) is 0 Å². The van der Waals surface area contributed by atoms with Gasteiger partial charge in [0.1, 0.15) is 6.04 Å². The number of aromatic nitrogens is 2. The smallest absolute Gasteiger partial charge is 0.456 e. The second-order valence-electron chi connectivity index (χ2n) is 8.44. The van der Waals surface area contributed by atoms with Crippen LogP contribution in [0.1, 0.15) is 34.9 Å². The fourth-order valence-electron chi connectivity index (χ4n) is 4.65. The highest BCUT2D eigenvalue weighted by Crippen LogP contribution is 2.28. The molecule has 9 nitrogen and oxygen atoms in total. The SMILES string of the molecule is Cc1oc(=O)oc1COC(=O)[C@H](Cc1ncn2c1CCc1ccccc1-2)N1CC[C@H](N)C1. The van der Waals surface area contributed by atoms with Crippen LogP contribution >= 0.6 is 0 Å². The van der Waals surface area contributed by atoms with Crippen LogP contribution in [0.2, 0.25) is 0 Å². The zero-order valence-corrected chi connectivity index (χ0v) is 18.0. The number of para-hydroxylation sites is 1. The standard InChI is InChI=1S/C23H26N4O5/c1-14-21(32-23(29)31-14)12-30-22(28)20(26-9-8-16(24)11-26)10-17-19-7-6-15-4-2-3-5-18(15)27(19)13-25-17/h2-5,13,16,20H,6-12,24H2,1H3/t16-,20-/m0/s1. The first kappa shape index (κ1) is 20.7. The van der Waals surface area contributed by atoms with Gasteiger partial charge >= 0.3 is 11.8 Å². The van der Waals surface area contributed by atoms with Gasteiger partial charge in [-0.2, -0.15) is 0 Å². The normalized spacial score (nSPS) is 18.9. The third-order valence-electron chi connectivity index (χ3n) is 6.37. The van der Waals surface area contributed by atoms with E-state index in [4.69, 9.17) is 19.3 Å². The molecule has 0 amide bonds. The van der Waals surface area contributed by atoms with Gasteiger partial charge in [-0.25, -0.2) is 9.78 Å². The van der Waals surface area contributed by atoms with E-state index in [9.17, 15) is 9.59 Å². The molecule has 2 aliphatic heterocycles. The highest BCUT2D eigenvalue weighted by atomic mass is 16.6. The number of rotatable bonds is 6. The van der Waals surface area contributed by atoms with Crippen molar-refractivity contribution in [2.24, 2.45) is 5.73 Å². The zero-order valence-electron chi connectivity index (χ0n) is 18.0. The van der Waals surface area contributed by atoms with Gasteiger partial charge in [0.05, 0.1) is 12.0 Å². The molecule has 3 aromatic rings. The first-order chi connectivity index (χ1) is 15.5. The Hall–Kier alpha value is -3.17. The van der Waals surface area contributed by atoms with Crippen molar-refractivity contribution in [3.8, 4) is 5.69 Å². The quantitative estimate of drug-likeness (QED) is 0.576. The van der Waals surface area contributed by atoms with E-state index < -0.39 is 11.9 Å². The number of nitrogens with two attached hydrogens (primary N) is 1. The Kier molecular flexibility index (Phi) is 5.44. The van der Waals surface area contributed by atoms with Crippen LogP contribution in [0, 0.1) is 6.92 Å². The van der Waals surface area contributed by atoms with Gasteiger partial charge in [-0.3, -0.25) is 9.69 Å². The number of likely N-dealkylation sites (tertiary alicyclic amines) is 1. The van der Waals surface area contributed by atoms with Crippen LogP contribution < -0.4 is 11.6 Å². The monoisotopic (exact) mass is 438 g/mol. The number of hydrogen-bond acceptors (Lipinski definition) is 8. The molecule has 2 atom stereocenters. The molecule has 0 unspecified atom stereocenters. The second-order valence-corrected chi connectivity index (χ2v) is 8.44. The van der Waals surface area contributed by atoms with E-state index in [1.165, 1.54) is 5.56 Å². The molecule has 9 heteroatoms. The van der Waals surface area contributed by atoms with Crippen molar-refractivity contribution in [1.82, 2.24) is 14.5 Å². The minimum Gasteiger partial charge on any atom is -0.456 e. The Morgan fingerprint density at radius 3 is 2.91 bits per heavy atom. The molecule has 0 aliphatic carbocycles. The van der Waals surface area contributed by atoms with Crippen LogP contribution in [0.3, 0.4) is 0 Å². The van der Waals surface area contributed by atoms with Crippen molar-refractivity contribution >= 4 is 5.97 Å². The summed E-state index contributed by atoms with van der Waals surface area (Å²) in [6.45, 7) is 2.79. The maximum absolute atomic E-state index is 13.1. The maximum Gasteiger partial charge on any atom is 0.519 e. The predicted octanol–water partition coefficient (Wildman–Crippen LogP) is 1.51. The van der Waals surface area contributed by atoms with Crippen molar-refractivity contribution in [2.75, 3.05) is 13.1 Å². The third-order valence-corrected chi connectivity index (χ3v) is 6.37. The Bertz CT molecular complexity index is 1190. The summed E-state index contributed by atoms with van der Waals surface area (Å²) >= 11 is 0. The van der Waals surface area contributed by atoms with E-state index in [1.54, 1.807) is 6.92 Å². The number of nitrogens with zero attached hydrogens (tertiary/aromatic N) is 3. The van der Waals surface area contributed by atoms with Crippen LogP contribution in [0.5, 0.6) is 0 Å². The first-order valence-electron chi connectivity index (χ1n) is 10.9. The molecule has 2 aromatic heterocycles. The number of esters is 1. The van der Waals surface area contributed by atoms with Gasteiger partial charge in [0.2, 0.25) is 0 Å². The molecular formula is C23H26N4O5. The van der Waals surface area contributed by atoms with Crippen molar-refractivity contribution in [3.05, 3.63) is 69.7 Å². The molecule has 4 heterocycles. The number of benzene rings is 1. The van der Waals surface area contributed by atoms with Gasteiger partial charge in [0, 0.05) is 36.9 Å². The Labute approximate surface area is 184 Å². The summed E-state index contributed by atoms with van der Waals surface area (Å²) in [5.41, 5.74) is 10.6. The lowest BCUT2D eigenvalue weighted by Crippen LogP contribution is -2.43. The maximum atomic E-state index is 13.1. The Balaban J connectivity index is 1.38. The van der Waals surface area contributed by atoms with Gasteiger partial charge in [0.15, 0.2) is 18.1 Å². The highest BCUT2D eigenvalue weighted by molar-refractivity contribution is 5.76. The van der Waals surface area contributed by atoms with E-state index in [2.05, 4.69) is 26.6 Å². The molecule has 5 rings (SSSR count). The van der Waals surface area contributed by atoms with E-state index in [1.807, 2.05) is 18.5 Å². The highest BCUT2D eigenvalue weighted by Gasteiger charge is 2.34. The zero-order chi connectivity index (χ0) is 22.2. The van der Waals surface area contributed by atoms with Gasteiger partial charge in [-0.05, 0) is 37.8 Å². The van der Waals surface area contributed by atoms with Crippen LogP contribution in [0.4, 0.5) is 0 Å². The van der Waals surface area contributed by atoms with E-state index in [0.29, 0.717) is 18.7 Å². The summed E-state index contributed by atoms with van der Waals surface area (Å²) in [5.74, 6) is -0.665. The molecule has 2 aliphatic rings. The number of carbonyl (C=O) groups excluding carboxylic acids is 1. The second kappa shape index (κ2) is 8.40. The summed E-state index contributed by atoms with van der Waals surface area (Å²) in [6.07, 6.45) is 4.91. The Morgan fingerprint density at radius 1 is 1.31 bits per heavy atom. The minimum atomic E-state index is -0.805. The summed E-state index contributed by atoms with van der Waals surface area (Å²) < 4.78 is 17.4. The molecule has 32 heavy (non-hydrogen) atoms. The fraction of sp³-hybridized carbons (Fsp3) is 0.435. The molecular weight excluding hydrogens is 412 g/mol. The van der Waals surface area contributed by atoms with Crippen LogP contribution in [0.15, 0.2) is 44.2 Å². The molecule has 0 bridgehead atoms. The van der Waals surface area contributed by atoms with Crippen LogP contribution in [-0.4, -0.2) is 45.6 Å². The topological polar surface area (TPSA) is 117 Å². The average molecular weight is 438 g/mol. The lowest BCUT2D eigenvalue weighted by atomic mass is 9.98. The fourth-order valence-corrected chi connectivity index (χ4v) is 4.65. The largest absolute Gasteiger partial charge is 0.519 e. The van der Waals surface area contributed by atoms with Gasteiger partial charge in [0.25, 0.3) is 0 Å². The third kappa shape index (κ3) is 3.89. The number of imidazole rings is 1. The average Bonchev–Trinajstić information content (AvgIpc) is 3.48. The van der Waals surface area contributed by atoms with Gasteiger partial charge in [-0.1, -0.05) is 18.2 Å². The van der Waals surface area contributed by atoms with E-state index in [-0.39, 0.29) is 24.4 Å². The summed E-state index contributed by atoms with van der Waals surface area (Å²) in [5, 5.41) is 0. The lowest BCUT2D eigenvalue weighted by molar-refractivity contribution is -0.151. The van der Waals surface area contributed by atoms with Gasteiger partial charge in [-0.15, -0.1) is 0 Å². The number of carbonyl (C=O) groups is 1. The summed E-state index contributed by atoms with van der Waals surface area (Å²) in [4.78, 5) is 31.1. The van der Waals surface area contributed by atoms with E-state index in [0.717, 1.165) is 42.9 Å². The van der Waals surface area contributed by atoms with Crippen molar-refractivity contribution in [2.45, 2.75) is 51.3 Å². The molecule has 0 spiro atoms. The number of hydrogen-bond donors (Lipinski definition) is 1. The van der Waals surface area contributed by atoms with Gasteiger partial charge < -0.3 is 23.9 Å². The first-order valence-corrected chi connectivity index (χ1v) is 10.9. The number of fused-ring (bicyclic) bond motifs is 3. The van der Waals surface area contributed by atoms with Crippen LogP contribution in [0.25, 0.3) is 5.69 Å². The number of aryl methyl sites for hydroxylation is 2. The lowest BCUT2D eigenvalue weighted by Gasteiger charge is -2.26. The molecule has 0 radical (unpaired) electrons. The summed E-state index contributed by atoms with van der Waals surface area (Å²) in [7, 11) is 0. The molecule has 1 fully saturated rings. The van der Waals surface area contributed by atoms with E-state index >= 15 is 0 Å². The Morgan fingerprint density at radius 2 is 2.16 bits per heavy atom. The molecule has 168 valence electrons. The van der Waals surface area contributed by atoms with Crippen molar-refractivity contribution < 1.29 is 18.4 Å². The van der Waals surface area contributed by atoms with Crippen molar-refractivity contribution in [3.63, 3.8) is 0 Å². The molecule has 2 N–H and O–H groups in total. The molecule has 1 aromatic carbocycles. The molecule has 0 saturated carbocycles.